The molecule has 3 rings (SSSR count). The molecule has 0 aromatic heterocycles. The number of ketones is 1. The van der Waals surface area contributed by atoms with Crippen LogP contribution in [0.3, 0.4) is 0 Å². The fraction of sp³-hybridized carbons (Fsp3) is 0.375. The van der Waals surface area contributed by atoms with E-state index in [2.05, 4.69) is 51.3 Å². The van der Waals surface area contributed by atoms with Crippen LogP contribution in [0.2, 0.25) is 0 Å². The summed E-state index contributed by atoms with van der Waals surface area (Å²) < 4.78 is 5.31. The van der Waals surface area contributed by atoms with E-state index in [0.29, 0.717) is 11.3 Å². The van der Waals surface area contributed by atoms with Gasteiger partial charge >= 0.3 is 34.5 Å². The third kappa shape index (κ3) is 9.52. The van der Waals surface area contributed by atoms with Crippen LogP contribution >= 0.6 is 19.4 Å². The summed E-state index contributed by atoms with van der Waals surface area (Å²) in [5, 5.41) is 10.5. The van der Waals surface area contributed by atoms with Crippen molar-refractivity contribution < 1.29 is 29.6 Å². The Labute approximate surface area is 212 Å². The Kier molecular flexibility index (Phi) is 12.8. The fourth-order valence-electron chi connectivity index (χ4n) is 3.50. The third-order valence-electron chi connectivity index (χ3n) is 5.01. The van der Waals surface area contributed by atoms with E-state index in [1.54, 1.807) is 6.92 Å². The number of halogens is 2. The predicted molar refractivity (Wildman–Crippen MR) is 132 cm³/mol. The number of hydrogen-bond donors (Lipinski definition) is 0. The molecule has 1 unspecified atom stereocenters. The zero-order chi connectivity index (χ0) is 25.1. The fourth-order valence-corrected chi connectivity index (χ4v) is 3.50. The second kappa shape index (κ2) is 14.4. The van der Waals surface area contributed by atoms with Crippen molar-refractivity contribution in [2.45, 2.75) is 53.6 Å². The number of ether oxygens (including phenoxy) is 1. The zero-order valence-electron chi connectivity index (χ0n) is 19.5. The first-order valence-corrected chi connectivity index (χ1v) is 14.8. The molecule has 1 saturated heterocycles. The summed E-state index contributed by atoms with van der Waals surface area (Å²) in [6, 6.07) is 8.61. The summed E-state index contributed by atoms with van der Waals surface area (Å²) in [5.74, 6) is 0.269. The molecule has 182 valence electrons. The van der Waals surface area contributed by atoms with Crippen LogP contribution in [-0.4, -0.2) is 23.4 Å². The van der Waals surface area contributed by atoms with E-state index in [1.807, 2.05) is 0 Å². The third-order valence-corrected chi connectivity index (χ3v) is 5.01. The Hall–Kier alpha value is -1.82. The molecule has 0 bridgehead atoms. The predicted octanol–water partition coefficient (Wildman–Crippen LogP) is 6.88. The summed E-state index contributed by atoms with van der Waals surface area (Å²) in [4.78, 5) is 23.4. The number of hydrogen-bond acceptors (Lipinski definition) is 5. The van der Waals surface area contributed by atoms with E-state index < -0.39 is 11.0 Å². The topological polar surface area (TPSA) is 72.7 Å². The van der Waals surface area contributed by atoms with Crippen LogP contribution in [0.5, 0.6) is 5.75 Å². The SMILES string of the molecule is Cc1cc(C)c(N2[CH-]CCC2)c(C)c1.[CH2-]c1cc([N+](=O)[O-])ccc1OC(C)C(C)=O.[Cl][Ru+2][Cl]. The van der Waals surface area contributed by atoms with Gasteiger partial charge in [0.15, 0.2) is 5.78 Å². The van der Waals surface area contributed by atoms with Gasteiger partial charge in [-0.3, -0.25) is 14.9 Å². The summed E-state index contributed by atoms with van der Waals surface area (Å²) in [5.41, 5.74) is 5.94. The molecule has 0 saturated carbocycles. The normalized spacial score (nSPS) is 13.2. The van der Waals surface area contributed by atoms with E-state index in [1.165, 1.54) is 66.9 Å². The quantitative estimate of drug-likeness (QED) is 0.166. The molecule has 0 N–H and O–H groups in total. The van der Waals surface area contributed by atoms with Crippen LogP contribution in [-0.2, 0) is 19.9 Å². The Balaban J connectivity index is 0.000000297. The van der Waals surface area contributed by atoms with Crippen molar-refractivity contribution in [1.82, 2.24) is 0 Å². The average Bonchev–Trinajstić information content (AvgIpc) is 3.23. The molecule has 2 aromatic rings. The number of Topliss-reactive ketones (excluding diaryl/α,β-unsaturated/α-hetero) is 1. The van der Waals surface area contributed by atoms with Gasteiger partial charge in [0.25, 0.3) is 0 Å². The summed E-state index contributed by atoms with van der Waals surface area (Å²) in [6.45, 7) is 16.8. The molecule has 6 nitrogen and oxygen atoms in total. The average molecular weight is 582 g/mol. The number of carbonyl (C=O) groups is 1. The minimum absolute atomic E-state index is 0.0483. The van der Waals surface area contributed by atoms with Crippen molar-refractivity contribution in [2.24, 2.45) is 0 Å². The van der Waals surface area contributed by atoms with Crippen LogP contribution in [0.15, 0.2) is 30.3 Å². The number of aryl methyl sites for hydroxylation is 3. The molecule has 2 aromatic carbocycles. The van der Waals surface area contributed by atoms with Gasteiger partial charge in [-0.1, -0.05) is 36.2 Å². The van der Waals surface area contributed by atoms with Crippen molar-refractivity contribution in [3.8, 4) is 5.75 Å². The first-order valence-electron chi connectivity index (χ1n) is 10.3. The Morgan fingerprint density at radius 2 is 1.82 bits per heavy atom. The van der Waals surface area contributed by atoms with Gasteiger partial charge in [-0.05, 0) is 58.4 Å². The molecule has 1 atom stereocenters. The van der Waals surface area contributed by atoms with Crippen molar-refractivity contribution in [1.29, 1.82) is 0 Å². The number of nitro benzene ring substituents is 1. The van der Waals surface area contributed by atoms with Gasteiger partial charge in [0.05, 0.1) is 0 Å². The van der Waals surface area contributed by atoms with Gasteiger partial charge in [0, 0.05) is 16.4 Å². The molecular weight excluding hydrogens is 552 g/mol. The van der Waals surface area contributed by atoms with Gasteiger partial charge in [-0.2, -0.15) is 13.3 Å². The van der Waals surface area contributed by atoms with Crippen molar-refractivity contribution >= 4 is 36.5 Å². The zero-order valence-corrected chi connectivity index (χ0v) is 22.8. The van der Waals surface area contributed by atoms with Gasteiger partial charge in [0.2, 0.25) is 5.69 Å². The Morgan fingerprint density at radius 1 is 1.24 bits per heavy atom. The van der Waals surface area contributed by atoms with E-state index in [4.69, 9.17) is 24.1 Å². The van der Waals surface area contributed by atoms with Crippen LogP contribution < -0.4 is 9.64 Å². The Morgan fingerprint density at radius 3 is 2.24 bits per heavy atom. The molecule has 0 spiro atoms. The number of carbonyl (C=O) groups excluding carboxylic acids is 1. The second-order valence-electron chi connectivity index (χ2n) is 7.74. The molecular formula is C24H30Cl2N2O4Ru. The maximum absolute atomic E-state index is 11.0. The maximum atomic E-state index is 11.0. The number of non-ortho nitro benzene ring substituents is 1. The van der Waals surface area contributed by atoms with E-state index in [9.17, 15) is 14.9 Å². The number of nitrogens with zero attached hydrogens (tertiary/aromatic N) is 2. The van der Waals surface area contributed by atoms with Crippen LogP contribution in [0.1, 0.15) is 48.9 Å². The number of rotatable bonds is 5. The first kappa shape index (κ1) is 29.2. The molecule has 1 aliphatic heterocycles. The standard InChI is InChI=1S/C13H18N.C11H12NO4.2ClH.Ru/c1-10-8-11(2)13(12(3)9-10)14-6-4-5-7-14;1-7-6-10(12(14)15)4-5-11(7)16-9(3)8(2)13;;;/h6,8-9H,4-5,7H2,1-3H3;4-6,9H,1H2,2-3H3;2*1H;/q2*-1;;;+4/p-2. The van der Waals surface area contributed by atoms with Crippen molar-refractivity contribution in [2.75, 3.05) is 11.4 Å². The molecule has 1 fully saturated rings. The van der Waals surface area contributed by atoms with Gasteiger partial charge in [0.1, 0.15) is 6.10 Å². The summed E-state index contributed by atoms with van der Waals surface area (Å²) >= 11 is -0.346. The summed E-state index contributed by atoms with van der Waals surface area (Å²) in [6.07, 6.45) is 1.95. The second-order valence-corrected chi connectivity index (χ2v) is 10.4. The van der Waals surface area contributed by atoms with Gasteiger partial charge < -0.3 is 9.64 Å². The van der Waals surface area contributed by atoms with E-state index in [0.717, 1.165) is 0 Å². The van der Waals surface area contributed by atoms with Gasteiger partial charge in [-0.15, -0.1) is 5.56 Å². The Bertz CT molecular complexity index is 927. The molecule has 33 heavy (non-hydrogen) atoms. The molecule has 9 heteroatoms. The van der Waals surface area contributed by atoms with Crippen molar-refractivity contribution in [3.63, 3.8) is 0 Å². The number of nitro groups is 1. The van der Waals surface area contributed by atoms with Crippen LogP contribution in [0, 0.1) is 44.4 Å². The minimum atomic E-state index is -0.582. The monoisotopic (exact) mass is 582 g/mol. The summed E-state index contributed by atoms with van der Waals surface area (Å²) in [7, 11) is 9.71. The number of anilines is 1. The first-order chi connectivity index (χ1) is 15.5. The molecule has 0 aliphatic carbocycles. The molecule has 0 amide bonds. The number of benzene rings is 2. The van der Waals surface area contributed by atoms with Gasteiger partial charge in [-0.25, -0.2) is 6.54 Å². The molecule has 0 radical (unpaired) electrons. The molecule has 1 heterocycles. The van der Waals surface area contributed by atoms with Crippen molar-refractivity contribution in [3.05, 3.63) is 76.2 Å². The molecule has 1 aliphatic rings. The van der Waals surface area contributed by atoms with Crippen LogP contribution in [0.25, 0.3) is 0 Å². The van der Waals surface area contributed by atoms with E-state index >= 15 is 0 Å². The van der Waals surface area contributed by atoms with E-state index in [-0.39, 0.29) is 26.6 Å². The van der Waals surface area contributed by atoms with Crippen LogP contribution in [0.4, 0.5) is 11.4 Å².